The van der Waals surface area contributed by atoms with Gasteiger partial charge in [-0.05, 0) is 48.4 Å². The number of benzene rings is 2. The second-order valence-corrected chi connectivity index (χ2v) is 6.33. The first kappa shape index (κ1) is 18.6. The first-order chi connectivity index (χ1) is 14.2. The van der Waals surface area contributed by atoms with Crippen LogP contribution in [0.15, 0.2) is 80.6 Å². The zero-order valence-electron chi connectivity index (χ0n) is 15.7. The largest absolute Gasteiger partial charge is 0.482 e. The topological polar surface area (TPSA) is 78.9 Å². The van der Waals surface area contributed by atoms with Crippen LogP contribution in [0.4, 0.5) is 0 Å². The highest BCUT2D eigenvalue weighted by molar-refractivity contribution is 5.84. The number of para-hydroxylation sites is 1. The van der Waals surface area contributed by atoms with E-state index in [1.165, 1.54) is 6.26 Å². The Morgan fingerprint density at radius 3 is 2.59 bits per heavy atom. The minimum absolute atomic E-state index is 0.0600. The van der Waals surface area contributed by atoms with Crippen LogP contribution in [0.25, 0.3) is 22.5 Å². The lowest BCUT2D eigenvalue weighted by molar-refractivity contribution is -0.136. The Morgan fingerprint density at radius 2 is 1.86 bits per heavy atom. The van der Waals surface area contributed by atoms with Gasteiger partial charge in [-0.1, -0.05) is 31.2 Å². The molecule has 0 saturated carbocycles. The lowest BCUT2D eigenvalue weighted by atomic mass is 10.1. The van der Waals surface area contributed by atoms with E-state index in [2.05, 4.69) is 0 Å². The summed E-state index contributed by atoms with van der Waals surface area (Å²) in [5, 5.41) is 0.339. The summed E-state index contributed by atoms with van der Waals surface area (Å²) in [6.07, 6.45) is 2.21. The third-order valence-corrected chi connectivity index (χ3v) is 4.38. The van der Waals surface area contributed by atoms with Gasteiger partial charge in [-0.3, -0.25) is 4.79 Å². The summed E-state index contributed by atoms with van der Waals surface area (Å²) < 4.78 is 22.0. The van der Waals surface area contributed by atoms with E-state index in [9.17, 15) is 9.59 Å². The molecule has 0 atom stereocenters. The van der Waals surface area contributed by atoms with Gasteiger partial charge in [-0.25, -0.2) is 4.79 Å². The van der Waals surface area contributed by atoms with Crippen molar-refractivity contribution in [3.8, 4) is 23.0 Å². The number of furan rings is 1. The Morgan fingerprint density at radius 1 is 1.03 bits per heavy atom. The fourth-order valence-electron chi connectivity index (χ4n) is 2.91. The van der Waals surface area contributed by atoms with Crippen molar-refractivity contribution in [2.75, 3.05) is 6.61 Å². The van der Waals surface area contributed by atoms with E-state index >= 15 is 0 Å². The molecule has 0 saturated heterocycles. The molecule has 146 valence electrons. The first-order valence-electron chi connectivity index (χ1n) is 9.18. The highest BCUT2D eigenvalue weighted by Crippen LogP contribution is 2.31. The molecule has 0 aliphatic carbocycles. The summed E-state index contributed by atoms with van der Waals surface area (Å²) >= 11 is 0. The van der Waals surface area contributed by atoms with E-state index in [4.69, 9.17) is 18.3 Å². The molecular formula is C23H18O6. The summed E-state index contributed by atoms with van der Waals surface area (Å²) in [4.78, 5) is 25.5. The summed E-state index contributed by atoms with van der Waals surface area (Å²) in [6, 6.07) is 17.5. The minimum atomic E-state index is -0.722. The van der Waals surface area contributed by atoms with Crippen LogP contribution in [0.1, 0.15) is 12.5 Å². The number of esters is 1. The van der Waals surface area contributed by atoms with E-state index < -0.39 is 11.4 Å². The minimum Gasteiger partial charge on any atom is -0.482 e. The van der Waals surface area contributed by atoms with Crippen molar-refractivity contribution in [3.63, 3.8) is 0 Å². The molecule has 0 radical (unpaired) electrons. The molecule has 2 aromatic heterocycles. The molecular weight excluding hydrogens is 372 g/mol. The van der Waals surface area contributed by atoms with E-state index in [0.717, 1.165) is 12.0 Å². The van der Waals surface area contributed by atoms with Gasteiger partial charge < -0.3 is 18.3 Å². The summed E-state index contributed by atoms with van der Waals surface area (Å²) in [5.41, 5.74) is 0.917. The monoisotopic (exact) mass is 390 g/mol. The molecule has 0 aliphatic rings. The molecule has 0 fully saturated rings. The Balaban J connectivity index is 1.71. The van der Waals surface area contributed by atoms with Gasteiger partial charge in [0.2, 0.25) is 16.9 Å². The van der Waals surface area contributed by atoms with Crippen molar-refractivity contribution in [3.05, 3.63) is 82.7 Å². The molecule has 0 N–H and O–H groups in total. The molecule has 4 rings (SSSR count). The number of fused-ring (bicyclic) bond motifs is 1. The third kappa shape index (κ3) is 3.91. The molecule has 0 amide bonds. The van der Waals surface area contributed by atoms with Crippen molar-refractivity contribution in [2.24, 2.45) is 0 Å². The zero-order valence-corrected chi connectivity index (χ0v) is 15.7. The van der Waals surface area contributed by atoms with Crippen molar-refractivity contribution in [1.29, 1.82) is 0 Å². The lowest BCUT2D eigenvalue weighted by Crippen LogP contribution is -2.21. The maximum absolute atomic E-state index is 13.1. The van der Waals surface area contributed by atoms with Crippen LogP contribution in [-0.2, 0) is 11.2 Å². The number of carbonyl (C=O) groups is 1. The van der Waals surface area contributed by atoms with Crippen LogP contribution in [0.3, 0.4) is 0 Å². The summed E-state index contributed by atoms with van der Waals surface area (Å²) in [6.45, 7) is 1.63. The zero-order chi connectivity index (χ0) is 20.2. The van der Waals surface area contributed by atoms with Crippen molar-refractivity contribution >= 4 is 16.9 Å². The number of carbonyl (C=O) groups excluding carboxylic acids is 1. The molecule has 0 spiro atoms. The molecule has 0 unspecified atom stereocenters. The van der Waals surface area contributed by atoms with Crippen LogP contribution in [0.5, 0.6) is 11.5 Å². The average Bonchev–Trinajstić information content (AvgIpc) is 3.29. The van der Waals surface area contributed by atoms with Gasteiger partial charge >= 0.3 is 5.97 Å². The summed E-state index contributed by atoms with van der Waals surface area (Å²) in [7, 11) is 0. The normalized spacial score (nSPS) is 10.8. The molecule has 29 heavy (non-hydrogen) atoms. The molecule has 6 nitrogen and oxygen atoms in total. The molecule has 2 aromatic carbocycles. The fourth-order valence-corrected chi connectivity index (χ4v) is 2.91. The van der Waals surface area contributed by atoms with E-state index in [-0.39, 0.29) is 23.9 Å². The standard InChI is InChI=1S/C23H18O6/c1-2-15-10-11-18-17(13-15)21(25)23(22(28-18)19-9-6-12-26-19)29-20(24)14-27-16-7-4-3-5-8-16/h3-13H,2,14H2,1H3. The Hall–Kier alpha value is -3.80. The third-order valence-electron chi connectivity index (χ3n) is 4.38. The molecule has 4 aromatic rings. The lowest BCUT2D eigenvalue weighted by Gasteiger charge is -2.10. The Kier molecular flexibility index (Phi) is 5.16. The van der Waals surface area contributed by atoms with Gasteiger partial charge in [0.05, 0.1) is 11.6 Å². The highest BCUT2D eigenvalue weighted by atomic mass is 16.6. The molecule has 0 bridgehead atoms. The van der Waals surface area contributed by atoms with Crippen LogP contribution in [0, 0.1) is 0 Å². The molecule has 2 heterocycles. The number of aryl methyl sites for hydroxylation is 1. The van der Waals surface area contributed by atoms with E-state index in [1.54, 1.807) is 48.5 Å². The molecule has 0 aliphatic heterocycles. The SMILES string of the molecule is CCc1ccc2oc(-c3ccco3)c(OC(=O)COc3ccccc3)c(=O)c2c1. The quantitative estimate of drug-likeness (QED) is 0.448. The van der Waals surface area contributed by atoms with Crippen LogP contribution >= 0.6 is 0 Å². The van der Waals surface area contributed by atoms with E-state index in [0.29, 0.717) is 16.7 Å². The maximum Gasteiger partial charge on any atom is 0.349 e. The van der Waals surface area contributed by atoms with Crippen molar-refractivity contribution < 1.29 is 23.1 Å². The maximum atomic E-state index is 13.1. The predicted molar refractivity (Wildman–Crippen MR) is 107 cm³/mol. The first-order valence-corrected chi connectivity index (χ1v) is 9.18. The number of ether oxygens (including phenoxy) is 2. The van der Waals surface area contributed by atoms with Gasteiger partial charge in [0.15, 0.2) is 12.4 Å². The van der Waals surface area contributed by atoms with Gasteiger partial charge in [0.1, 0.15) is 11.3 Å². The van der Waals surface area contributed by atoms with Crippen molar-refractivity contribution in [1.82, 2.24) is 0 Å². The average molecular weight is 390 g/mol. The smallest absolute Gasteiger partial charge is 0.349 e. The Bertz CT molecular complexity index is 1190. The number of rotatable bonds is 6. The van der Waals surface area contributed by atoms with Gasteiger partial charge in [-0.2, -0.15) is 0 Å². The Labute approximate surface area is 166 Å². The van der Waals surface area contributed by atoms with Gasteiger partial charge in [-0.15, -0.1) is 0 Å². The second-order valence-electron chi connectivity index (χ2n) is 6.33. The van der Waals surface area contributed by atoms with Crippen LogP contribution in [0.2, 0.25) is 0 Å². The van der Waals surface area contributed by atoms with Crippen molar-refractivity contribution in [2.45, 2.75) is 13.3 Å². The van der Waals surface area contributed by atoms with Gasteiger partial charge in [0.25, 0.3) is 0 Å². The predicted octanol–water partition coefficient (Wildman–Crippen LogP) is 4.60. The summed E-state index contributed by atoms with van der Waals surface area (Å²) in [5.74, 6) is -0.0729. The molecule has 6 heteroatoms. The highest BCUT2D eigenvalue weighted by Gasteiger charge is 2.22. The number of hydrogen-bond acceptors (Lipinski definition) is 6. The van der Waals surface area contributed by atoms with Crippen LogP contribution in [-0.4, -0.2) is 12.6 Å². The van der Waals surface area contributed by atoms with Crippen LogP contribution < -0.4 is 14.9 Å². The fraction of sp³-hybridized carbons (Fsp3) is 0.130. The second kappa shape index (κ2) is 8.06. The van der Waals surface area contributed by atoms with E-state index in [1.807, 2.05) is 19.1 Å². The number of hydrogen-bond donors (Lipinski definition) is 0. The van der Waals surface area contributed by atoms with Gasteiger partial charge in [0, 0.05) is 0 Å².